The van der Waals surface area contributed by atoms with Crippen LogP contribution < -0.4 is 5.73 Å². The number of thiazole rings is 1. The van der Waals surface area contributed by atoms with Gasteiger partial charge in [-0.2, -0.15) is 0 Å². The first-order valence-electron chi connectivity index (χ1n) is 4.66. The average Bonchev–Trinajstić information content (AvgIpc) is 2.75. The molecule has 1 unspecified atom stereocenters. The zero-order valence-electron chi connectivity index (χ0n) is 8.10. The third-order valence-corrected chi connectivity index (χ3v) is 2.95. The highest BCUT2D eigenvalue weighted by Crippen LogP contribution is 2.21. The predicted octanol–water partition coefficient (Wildman–Crippen LogP) is 1.21. The van der Waals surface area contributed by atoms with Gasteiger partial charge < -0.3 is 15.2 Å². The Labute approximate surface area is 87.0 Å². The van der Waals surface area contributed by atoms with Crippen molar-refractivity contribution < 1.29 is 9.47 Å². The lowest BCUT2D eigenvalue weighted by atomic mass is 10.1. The van der Waals surface area contributed by atoms with Crippen molar-refractivity contribution >= 4 is 11.3 Å². The molecule has 1 aromatic heterocycles. The van der Waals surface area contributed by atoms with E-state index in [1.165, 1.54) is 0 Å². The van der Waals surface area contributed by atoms with Crippen LogP contribution in [-0.2, 0) is 9.47 Å². The number of rotatable bonds is 3. The van der Waals surface area contributed by atoms with Crippen molar-refractivity contribution in [1.29, 1.82) is 0 Å². The van der Waals surface area contributed by atoms with Crippen LogP contribution in [0.25, 0.3) is 0 Å². The van der Waals surface area contributed by atoms with E-state index in [0.29, 0.717) is 19.6 Å². The number of aryl methyl sites for hydroxylation is 1. The van der Waals surface area contributed by atoms with Gasteiger partial charge in [-0.25, -0.2) is 4.98 Å². The van der Waals surface area contributed by atoms with Crippen molar-refractivity contribution in [3.63, 3.8) is 0 Å². The third kappa shape index (κ3) is 2.30. The second kappa shape index (κ2) is 4.35. The van der Waals surface area contributed by atoms with Crippen LogP contribution >= 0.6 is 11.3 Å². The van der Waals surface area contributed by atoms with Gasteiger partial charge in [0.25, 0.3) is 0 Å². The van der Waals surface area contributed by atoms with Crippen LogP contribution in [0.5, 0.6) is 0 Å². The molecule has 2 rings (SSSR count). The van der Waals surface area contributed by atoms with E-state index in [0.717, 1.165) is 10.7 Å². The average molecular weight is 214 g/mol. The van der Waals surface area contributed by atoms with E-state index in [1.807, 2.05) is 12.3 Å². The first kappa shape index (κ1) is 10.0. The molecule has 0 saturated carbocycles. The summed E-state index contributed by atoms with van der Waals surface area (Å²) >= 11 is 1.62. The Hall–Kier alpha value is -0.490. The molecule has 1 atom stereocenters. The maximum atomic E-state index is 5.97. The number of hydrogen-bond acceptors (Lipinski definition) is 5. The number of ether oxygens (including phenoxy) is 2. The first-order chi connectivity index (χ1) is 6.75. The standard InChI is InChI=1S/C9H14N2O2S/c1-6-11-8(5-14-6)7(10)4-9-12-2-3-13-9/h5,7,9H,2-4,10H2,1H3. The lowest BCUT2D eigenvalue weighted by molar-refractivity contribution is -0.0509. The maximum Gasteiger partial charge on any atom is 0.159 e. The van der Waals surface area contributed by atoms with Gasteiger partial charge in [-0.1, -0.05) is 0 Å². The molecule has 0 amide bonds. The van der Waals surface area contributed by atoms with Crippen molar-refractivity contribution in [2.24, 2.45) is 5.73 Å². The number of nitrogens with two attached hydrogens (primary N) is 1. The largest absolute Gasteiger partial charge is 0.350 e. The van der Waals surface area contributed by atoms with Gasteiger partial charge in [0, 0.05) is 11.8 Å². The van der Waals surface area contributed by atoms with E-state index in [-0.39, 0.29) is 12.3 Å². The summed E-state index contributed by atoms with van der Waals surface area (Å²) < 4.78 is 10.7. The van der Waals surface area contributed by atoms with E-state index < -0.39 is 0 Å². The van der Waals surface area contributed by atoms with Gasteiger partial charge in [-0.15, -0.1) is 11.3 Å². The molecule has 1 saturated heterocycles. The highest BCUT2D eigenvalue weighted by Gasteiger charge is 2.21. The summed E-state index contributed by atoms with van der Waals surface area (Å²) in [5, 5.41) is 3.04. The molecule has 0 bridgehead atoms. The summed E-state index contributed by atoms with van der Waals surface area (Å²) in [6, 6.07) is -0.0805. The molecule has 1 aromatic rings. The number of hydrogen-bond donors (Lipinski definition) is 1. The maximum absolute atomic E-state index is 5.97. The fourth-order valence-electron chi connectivity index (χ4n) is 1.42. The monoisotopic (exact) mass is 214 g/mol. The summed E-state index contributed by atoms with van der Waals surface area (Å²) in [5.74, 6) is 0. The SMILES string of the molecule is Cc1nc(C(N)CC2OCCO2)cs1. The van der Waals surface area contributed by atoms with Crippen molar-refractivity contribution in [2.75, 3.05) is 13.2 Å². The molecule has 0 aliphatic carbocycles. The van der Waals surface area contributed by atoms with Gasteiger partial charge in [-0.3, -0.25) is 0 Å². The second-order valence-electron chi connectivity index (χ2n) is 3.30. The van der Waals surface area contributed by atoms with Crippen LogP contribution in [0, 0.1) is 6.92 Å². The lowest BCUT2D eigenvalue weighted by Gasteiger charge is -2.13. The molecule has 78 valence electrons. The minimum atomic E-state index is -0.146. The van der Waals surface area contributed by atoms with Crippen LogP contribution in [0.4, 0.5) is 0 Å². The van der Waals surface area contributed by atoms with Crippen molar-refractivity contribution in [3.8, 4) is 0 Å². The molecular formula is C9H14N2O2S. The van der Waals surface area contributed by atoms with Gasteiger partial charge in [0.2, 0.25) is 0 Å². The van der Waals surface area contributed by atoms with Crippen LogP contribution in [0.15, 0.2) is 5.38 Å². The predicted molar refractivity (Wildman–Crippen MR) is 54.1 cm³/mol. The summed E-state index contributed by atoms with van der Waals surface area (Å²) in [5.41, 5.74) is 6.91. The van der Waals surface area contributed by atoms with Gasteiger partial charge in [0.1, 0.15) is 0 Å². The Morgan fingerprint density at radius 3 is 2.93 bits per heavy atom. The molecule has 2 heterocycles. The van der Waals surface area contributed by atoms with Crippen molar-refractivity contribution in [1.82, 2.24) is 4.98 Å². The zero-order valence-corrected chi connectivity index (χ0v) is 8.92. The van der Waals surface area contributed by atoms with Gasteiger partial charge >= 0.3 is 0 Å². The van der Waals surface area contributed by atoms with Gasteiger partial charge in [-0.05, 0) is 6.92 Å². The highest BCUT2D eigenvalue weighted by atomic mass is 32.1. The molecule has 1 aliphatic rings. The van der Waals surface area contributed by atoms with E-state index in [4.69, 9.17) is 15.2 Å². The Morgan fingerprint density at radius 1 is 1.64 bits per heavy atom. The first-order valence-corrected chi connectivity index (χ1v) is 5.54. The Balaban J connectivity index is 1.91. The highest BCUT2D eigenvalue weighted by molar-refractivity contribution is 7.09. The summed E-state index contributed by atoms with van der Waals surface area (Å²) in [6.45, 7) is 3.32. The zero-order chi connectivity index (χ0) is 9.97. The van der Waals surface area contributed by atoms with E-state index in [9.17, 15) is 0 Å². The number of aromatic nitrogens is 1. The quantitative estimate of drug-likeness (QED) is 0.821. The second-order valence-corrected chi connectivity index (χ2v) is 4.37. The van der Waals surface area contributed by atoms with Crippen LogP contribution in [0.2, 0.25) is 0 Å². The molecule has 1 fully saturated rings. The summed E-state index contributed by atoms with van der Waals surface area (Å²) in [7, 11) is 0. The van der Waals surface area contributed by atoms with Crippen molar-refractivity contribution in [3.05, 3.63) is 16.1 Å². The van der Waals surface area contributed by atoms with Gasteiger partial charge in [0.15, 0.2) is 6.29 Å². The molecule has 0 radical (unpaired) electrons. The molecule has 1 aliphatic heterocycles. The molecule has 0 aromatic carbocycles. The minimum Gasteiger partial charge on any atom is -0.350 e. The fraction of sp³-hybridized carbons (Fsp3) is 0.667. The Kier molecular flexibility index (Phi) is 3.12. The molecular weight excluding hydrogens is 200 g/mol. The van der Waals surface area contributed by atoms with Gasteiger partial charge in [0.05, 0.1) is 30.0 Å². The van der Waals surface area contributed by atoms with Crippen molar-refractivity contribution in [2.45, 2.75) is 25.7 Å². The van der Waals surface area contributed by atoms with Crippen LogP contribution in [0.3, 0.4) is 0 Å². The topological polar surface area (TPSA) is 57.4 Å². The molecule has 0 spiro atoms. The van der Waals surface area contributed by atoms with E-state index in [2.05, 4.69) is 4.98 Å². The minimum absolute atomic E-state index is 0.0805. The lowest BCUT2D eigenvalue weighted by Crippen LogP contribution is -2.19. The molecule has 2 N–H and O–H groups in total. The van der Waals surface area contributed by atoms with Crippen LogP contribution in [0.1, 0.15) is 23.2 Å². The molecule has 5 heteroatoms. The normalized spacial score (nSPS) is 20.1. The summed E-state index contributed by atoms with van der Waals surface area (Å²) in [6.07, 6.45) is 0.537. The van der Waals surface area contributed by atoms with E-state index >= 15 is 0 Å². The third-order valence-electron chi connectivity index (χ3n) is 2.15. The molecule has 14 heavy (non-hydrogen) atoms. The van der Waals surface area contributed by atoms with E-state index in [1.54, 1.807) is 11.3 Å². The summed E-state index contributed by atoms with van der Waals surface area (Å²) in [4.78, 5) is 4.34. The van der Waals surface area contributed by atoms with Crippen LogP contribution in [-0.4, -0.2) is 24.5 Å². The Bertz CT molecular complexity index is 297. The molecule has 4 nitrogen and oxygen atoms in total. The smallest absolute Gasteiger partial charge is 0.159 e. The Morgan fingerprint density at radius 2 is 2.36 bits per heavy atom. The fourth-order valence-corrected chi connectivity index (χ4v) is 2.10. The number of nitrogens with zero attached hydrogens (tertiary/aromatic N) is 1.